The first-order valence-electron chi connectivity index (χ1n) is 8.70. The number of nitrogens with one attached hydrogen (secondary N) is 1. The first-order valence-corrected chi connectivity index (χ1v) is 8.70. The van der Waals surface area contributed by atoms with Gasteiger partial charge in [-0.3, -0.25) is 4.79 Å². The van der Waals surface area contributed by atoms with Crippen LogP contribution >= 0.6 is 0 Å². The number of carbonyl (C=O) groups excluding carboxylic acids is 1. The zero-order chi connectivity index (χ0) is 16.9. The second-order valence-electron chi connectivity index (χ2n) is 6.24. The lowest BCUT2D eigenvalue weighted by molar-refractivity contribution is 0.0642. The summed E-state index contributed by atoms with van der Waals surface area (Å²) in [7, 11) is 0. The van der Waals surface area contributed by atoms with Crippen molar-refractivity contribution >= 4 is 5.91 Å². The predicted octanol–water partition coefficient (Wildman–Crippen LogP) is 2.90. The SMILES string of the molecule is CCc1c(C(=O)NCC2CCOCC2)nc(C)n1-c1ccccc1. The highest BCUT2D eigenvalue weighted by Gasteiger charge is 2.21. The lowest BCUT2D eigenvalue weighted by Crippen LogP contribution is -2.32. The molecule has 1 aromatic carbocycles. The summed E-state index contributed by atoms with van der Waals surface area (Å²) in [6.45, 7) is 6.29. The van der Waals surface area contributed by atoms with Crippen LogP contribution < -0.4 is 5.32 Å². The molecule has 1 N–H and O–H groups in total. The van der Waals surface area contributed by atoms with Crippen molar-refractivity contribution in [2.45, 2.75) is 33.1 Å². The molecule has 1 aromatic heterocycles. The van der Waals surface area contributed by atoms with E-state index in [1.165, 1.54) is 0 Å². The van der Waals surface area contributed by atoms with E-state index >= 15 is 0 Å². The molecule has 128 valence electrons. The predicted molar refractivity (Wildman–Crippen MR) is 93.6 cm³/mol. The van der Waals surface area contributed by atoms with Crippen LogP contribution in [0.2, 0.25) is 0 Å². The van der Waals surface area contributed by atoms with Crippen molar-refractivity contribution < 1.29 is 9.53 Å². The van der Waals surface area contributed by atoms with Gasteiger partial charge in [0, 0.05) is 25.4 Å². The number of para-hydroxylation sites is 1. The quantitative estimate of drug-likeness (QED) is 0.919. The van der Waals surface area contributed by atoms with E-state index < -0.39 is 0 Å². The molecule has 2 aromatic rings. The fourth-order valence-corrected chi connectivity index (χ4v) is 3.28. The van der Waals surface area contributed by atoms with Gasteiger partial charge in [0.25, 0.3) is 5.91 Å². The maximum Gasteiger partial charge on any atom is 0.271 e. The van der Waals surface area contributed by atoms with Gasteiger partial charge in [0.1, 0.15) is 11.5 Å². The zero-order valence-electron chi connectivity index (χ0n) is 14.4. The van der Waals surface area contributed by atoms with Crippen LogP contribution in [-0.2, 0) is 11.2 Å². The molecule has 5 heteroatoms. The Kier molecular flexibility index (Phi) is 5.30. The molecular formula is C19H25N3O2. The Morgan fingerprint density at radius 3 is 2.67 bits per heavy atom. The number of aryl methyl sites for hydroxylation is 1. The van der Waals surface area contributed by atoms with Crippen molar-refractivity contribution in [2.75, 3.05) is 19.8 Å². The number of ether oxygens (including phenoxy) is 1. The van der Waals surface area contributed by atoms with Gasteiger partial charge < -0.3 is 14.6 Å². The first kappa shape index (κ1) is 16.7. The van der Waals surface area contributed by atoms with Crippen molar-refractivity contribution in [1.82, 2.24) is 14.9 Å². The van der Waals surface area contributed by atoms with Crippen molar-refractivity contribution in [3.05, 3.63) is 47.5 Å². The molecule has 0 saturated carbocycles. The van der Waals surface area contributed by atoms with E-state index in [0.29, 0.717) is 18.2 Å². The van der Waals surface area contributed by atoms with Gasteiger partial charge in [-0.2, -0.15) is 0 Å². The lowest BCUT2D eigenvalue weighted by Gasteiger charge is -2.22. The number of aromatic nitrogens is 2. The zero-order valence-corrected chi connectivity index (χ0v) is 14.4. The maximum absolute atomic E-state index is 12.6. The molecule has 1 saturated heterocycles. The second kappa shape index (κ2) is 7.62. The number of carbonyl (C=O) groups is 1. The first-order chi connectivity index (χ1) is 11.7. The van der Waals surface area contributed by atoms with E-state index in [0.717, 1.165) is 49.7 Å². The number of imidazole rings is 1. The highest BCUT2D eigenvalue weighted by Crippen LogP contribution is 2.19. The Balaban J connectivity index is 1.79. The number of benzene rings is 1. The van der Waals surface area contributed by atoms with E-state index in [2.05, 4.69) is 21.8 Å². The summed E-state index contributed by atoms with van der Waals surface area (Å²) >= 11 is 0. The van der Waals surface area contributed by atoms with Gasteiger partial charge >= 0.3 is 0 Å². The highest BCUT2D eigenvalue weighted by atomic mass is 16.5. The molecule has 1 amide bonds. The summed E-state index contributed by atoms with van der Waals surface area (Å²) in [5.41, 5.74) is 2.55. The summed E-state index contributed by atoms with van der Waals surface area (Å²) in [5.74, 6) is 1.27. The third-order valence-electron chi connectivity index (χ3n) is 4.60. The van der Waals surface area contributed by atoms with Crippen LogP contribution in [-0.4, -0.2) is 35.2 Å². The number of nitrogens with zero attached hydrogens (tertiary/aromatic N) is 2. The standard InChI is InChI=1S/C19H25N3O2/c1-3-17-18(19(23)20-13-15-9-11-24-12-10-15)21-14(2)22(17)16-7-5-4-6-8-16/h4-8,15H,3,9-13H2,1-2H3,(H,20,23). The molecule has 0 unspecified atom stereocenters. The third kappa shape index (κ3) is 3.51. The minimum atomic E-state index is -0.0730. The van der Waals surface area contributed by atoms with Gasteiger partial charge in [-0.1, -0.05) is 25.1 Å². The van der Waals surface area contributed by atoms with Crippen LogP contribution in [0.1, 0.15) is 41.8 Å². The third-order valence-corrected chi connectivity index (χ3v) is 4.60. The van der Waals surface area contributed by atoms with Gasteiger partial charge in [0.15, 0.2) is 0 Å². The molecular weight excluding hydrogens is 302 g/mol. The Morgan fingerprint density at radius 2 is 2.00 bits per heavy atom. The molecule has 0 spiro atoms. The average Bonchev–Trinajstić information content (AvgIpc) is 2.97. The minimum Gasteiger partial charge on any atom is -0.381 e. The Labute approximate surface area is 143 Å². The number of rotatable bonds is 5. The monoisotopic (exact) mass is 327 g/mol. The molecule has 0 aliphatic carbocycles. The largest absolute Gasteiger partial charge is 0.381 e. The summed E-state index contributed by atoms with van der Waals surface area (Å²) in [5, 5.41) is 3.07. The fourth-order valence-electron chi connectivity index (χ4n) is 3.28. The number of amides is 1. The van der Waals surface area contributed by atoms with Crippen molar-refractivity contribution in [3.63, 3.8) is 0 Å². The summed E-state index contributed by atoms with van der Waals surface area (Å²) in [6.07, 6.45) is 2.78. The average molecular weight is 327 g/mol. The normalized spacial score (nSPS) is 15.4. The summed E-state index contributed by atoms with van der Waals surface area (Å²) < 4.78 is 7.44. The fraction of sp³-hybridized carbons (Fsp3) is 0.474. The molecule has 0 atom stereocenters. The molecule has 1 aliphatic rings. The van der Waals surface area contributed by atoms with Crippen LogP contribution in [0.5, 0.6) is 0 Å². The Hall–Kier alpha value is -2.14. The van der Waals surface area contributed by atoms with Crippen LogP contribution in [0, 0.1) is 12.8 Å². The number of hydrogen-bond donors (Lipinski definition) is 1. The second-order valence-corrected chi connectivity index (χ2v) is 6.24. The number of hydrogen-bond acceptors (Lipinski definition) is 3. The lowest BCUT2D eigenvalue weighted by atomic mass is 10.0. The molecule has 2 heterocycles. The van der Waals surface area contributed by atoms with E-state index in [1.807, 2.05) is 37.3 Å². The minimum absolute atomic E-state index is 0.0730. The van der Waals surface area contributed by atoms with Gasteiger partial charge in [0.05, 0.1) is 5.69 Å². The van der Waals surface area contributed by atoms with E-state index in [1.54, 1.807) is 0 Å². The van der Waals surface area contributed by atoms with Gasteiger partial charge in [-0.05, 0) is 44.2 Å². The van der Waals surface area contributed by atoms with E-state index in [-0.39, 0.29) is 5.91 Å². The van der Waals surface area contributed by atoms with Gasteiger partial charge in [-0.25, -0.2) is 4.98 Å². The summed E-state index contributed by atoms with van der Waals surface area (Å²) in [6, 6.07) is 10.1. The van der Waals surface area contributed by atoms with Crippen LogP contribution in [0.25, 0.3) is 5.69 Å². The smallest absolute Gasteiger partial charge is 0.271 e. The topological polar surface area (TPSA) is 56.1 Å². The van der Waals surface area contributed by atoms with Crippen molar-refractivity contribution in [2.24, 2.45) is 5.92 Å². The summed E-state index contributed by atoms with van der Waals surface area (Å²) in [4.78, 5) is 17.2. The Bertz CT molecular complexity index is 688. The highest BCUT2D eigenvalue weighted by molar-refractivity contribution is 5.93. The van der Waals surface area contributed by atoms with Crippen molar-refractivity contribution in [1.29, 1.82) is 0 Å². The van der Waals surface area contributed by atoms with Crippen LogP contribution in [0.4, 0.5) is 0 Å². The van der Waals surface area contributed by atoms with Gasteiger partial charge in [0.2, 0.25) is 0 Å². The van der Waals surface area contributed by atoms with E-state index in [9.17, 15) is 4.79 Å². The molecule has 1 aliphatic heterocycles. The molecule has 5 nitrogen and oxygen atoms in total. The van der Waals surface area contributed by atoms with Crippen molar-refractivity contribution in [3.8, 4) is 5.69 Å². The van der Waals surface area contributed by atoms with Crippen LogP contribution in [0.15, 0.2) is 30.3 Å². The molecule has 24 heavy (non-hydrogen) atoms. The molecule has 0 radical (unpaired) electrons. The van der Waals surface area contributed by atoms with Gasteiger partial charge in [-0.15, -0.1) is 0 Å². The molecule has 3 rings (SSSR count). The van der Waals surface area contributed by atoms with E-state index in [4.69, 9.17) is 4.74 Å². The maximum atomic E-state index is 12.6. The molecule has 1 fully saturated rings. The van der Waals surface area contributed by atoms with Crippen LogP contribution in [0.3, 0.4) is 0 Å². The molecule has 0 bridgehead atoms. The Morgan fingerprint density at radius 1 is 1.29 bits per heavy atom.